The maximum atomic E-state index is 13.3. The molecule has 0 saturated carbocycles. The second-order valence-corrected chi connectivity index (χ2v) is 9.11. The lowest BCUT2D eigenvalue weighted by atomic mass is 9.83. The van der Waals surface area contributed by atoms with Gasteiger partial charge in [0.15, 0.2) is 5.60 Å². The van der Waals surface area contributed by atoms with E-state index in [9.17, 15) is 19.8 Å². The molecule has 2 heterocycles. The minimum absolute atomic E-state index is 0.105. The fourth-order valence-corrected chi connectivity index (χ4v) is 5.04. The van der Waals surface area contributed by atoms with E-state index in [1.165, 1.54) is 12.0 Å². The van der Waals surface area contributed by atoms with Gasteiger partial charge < -0.3 is 24.7 Å². The second kappa shape index (κ2) is 10.1. The predicted molar refractivity (Wildman–Crippen MR) is 134 cm³/mol. The molecular weight excluding hydrogens is 444 g/mol. The SMILES string of the molecule is C=CCN1C(=O)[C@](O)([C@H](C)/C=C/CC(=O)N2Cc3ccccc3C[C@H]2CO)c2cc(OC)ccc21. The Labute approximate surface area is 205 Å². The normalized spacial score (nSPS) is 22.2. The Hall–Kier alpha value is -3.42. The number of rotatable bonds is 8. The summed E-state index contributed by atoms with van der Waals surface area (Å²) in [5.41, 5.74) is 1.54. The van der Waals surface area contributed by atoms with E-state index >= 15 is 0 Å². The summed E-state index contributed by atoms with van der Waals surface area (Å²) in [6.45, 7) is 6.10. The van der Waals surface area contributed by atoms with Crippen molar-refractivity contribution in [1.29, 1.82) is 0 Å². The van der Waals surface area contributed by atoms with Crippen molar-refractivity contribution in [1.82, 2.24) is 4.90 Å². The van der Waals surface area contributed by atoms with Crippen molar-refractivity contribution in [3.63, 3.8) is 0 Å². The van der Waals surface area contributed by atoms with Crippen LogP contribution in [0.25, 0.3) is 0 Å². The number of carbonyl (C=O) groups is 2. The molecule has 0 aromatic heterocycles. The van der Waals surface area contributed by atoms with Gasteiger partial charge in [0, 0.05) is 31.0 Å². The summed E-state index contributed by atoms with van der Waals surface area (Å²) in [6, 6.07) is 12.9. The minimum atomic E-state index is -1.79. The van der Waals surface area contributed by atoms with Gasteiger partial charge in [-0.2, -0.15) is 0 Å². The molecule has 0 aliphatic carbocycles. The molecule has 2 N–H and O–H groups in total. The Balaban J connectivity index is 1.52. The van der Waals surface area contributed by atoms with Crippen LogP contribution < -0.4 is 9.64 Å². The van der Waals surface area contributed by atoms with Crippen LogP contribution in [-0.4, -0.2) is 53.2 Å². The third kappa shape index (κ3) is 4.37. The largest absolute Gasteiger partial charge is 0.497 e. The van der Waals surface area contributed by atoms with Crippen molar-refractivity contribution in [2.45, 2.75) is 38.0 Å². The summed E-state index contributed by atoms with van der Waals surface area (Å²) in [4.78, 5) is 29.6. The lowest BCUT2D eigenvalue weighted by Gasteiger charge is -2.36. The van der Waals surface area contributed by atoms with Gasteiger partial charge in [0.2, 0.25) is 5.91 Å². The highest BCUT2D eigenvalue weighted by atomic mass is 16.5. The molecule has 0 fully saturated rings. The highest BCUT2D eigenvalue weighted by Crippen LogP contribution is 2.46. The first-order chi connectivity index (χ1) is 16.8. The number of anilines is 1. The van der Waals surface area contributed by atoms with Crippen molar-refractivity contribution in [3.05, 3.63) is 84.0 Å². The zero-order chi connectivity index (χ0) is 25.2. The monoisotopic (exact) mass is 476 g/mol. The second-order valence-electron chi connectivity index (χ2n) is 9.11. The van der Waals surface area contributed by atoms with Gasteiger partial charge in [0.25, 0.3) is 5.91 Å². The van der Waals surface area contributed by atoms with E-state index in [-0.39, 0.29) is 31.5 Å². The average Bonchev–Trinajstić information content (AvgIpc) is 3.10. The highest BCUT2D eigenvalue weighted by Gasteiger charge is 2.52. The van der Waals surface area contributed by atoms with Gasteiger partial charge in [0.1, 0.15) is 5.75 Å². The molecule has 2 aromatic carbocycles. The number of aliphatic hydroxyl groups is 2. The van der Waals surface area contributed by atoms with E-state index in [0.717, 1.165) is 11.1 Å². The molecule has 0 unspecified atom stereocenters. The van der Waals surface area contributed by atoms with Crippen LogP contribution in [0.2, 0.25) is 0 Å². The zero-order valence-electron chi connectivity index (χ0n) is 20.2. The molecule has 2 aliphatic rings. The first kappa shape index (κ1) is 24.7. The quantitative estimate of drug-likeness (QED) is 0.572. The molecule has 0 saturated heterocycles. The van der Waals surface area contributed by atoms with Crippen LogP contribution in [0.1, 0.15) is 30.0 Å². The van der Waals surface area contributed by atoms with E-state index in [4.69, 9.17) is 4.74 Å². The van der Waals surface area contributed by atoms with E-state index in [1.54, 1.807) is 48.3 Å². The third-order valence-electron chi connectivity index (χ3n) is 7.05. The lowest BCUT2D eigenvalue weighted by molar-refractivity contribution is -0.139. The summed E-state index contributed by atoms with van der Waals surface area (Å²) in [5, 5.41) is 21.5. The molecule has 7 heteroatoms. The van der Waals surface area contributed by atoms with Gasteiger partial charge >= 0.3 is 0 Å². The third-order valence-corrected chi connectivity index (χ3v) is 7.05. The maximum Gasteiger partial charge on any atom is 0.264 e. The predicted octanol–water partition coefficient (Wildman–Crippen LogP) is 2.94. The number of carbonyl (C=O) groups excluding carboxylic acids is 2. The summed E-state index contributed by atoms with van der Waals surface area (Å²) in [5.74, 6) is -0.597. The number of hydrogen-bond donors (Lipinski definition) is 2. The van der Waals surface area contributed by atoms with E-state index < -0.39 is 17.4 Å². The van der Waals surface area contributed by atoms with Crippen LogP contribution in [0.15, 0.2) is 67.3 Å². The molecule has 0 radical (unpaired) electrons. The first-order valence-corrected chi connectivity index (χ1v) is 11.8. The van der Waals surface area contributed by atoms with Crippen LogP contribution in [0, 0.1) is 5.92 Å². The number of fused-ring (bicyclic) bond motifs is 2. The van der Waals surface area contributed by atoms with Gasteiger partial charge in [-0.15, -0.1) is 6.58 Å². The molecule has 2 aliphatic heterocycles. The van der Waals surface area contributed by atoms with Crippen LogP contribution in [-0.2, 0) is 28.2 Å². The topological polar surface area (TPSA) is 90.3 Å². The first-order valence-electron chi connectivity index (χ1n) is 11.8. The van der Waals surface area contributed by atoms with E-state index in [1.807, 2.05) is 24.3 Å². The Kier molecular flexibility index (Phi) is 7.10. The van der Waals surface area contributed by atoms with Crippen molar-refractivity contribution >= 4 is 17.5 Å². The molecule has 4 rings (SSSR count). The Morgan fingerprint density at radius 1 is 1.29 bits per heavy atom. The summed E-state index contributed by atoms with van der Waals surface area (Å²) in [6.07, 6.45) is 5.75. The van der Waals surface area contributed by atoms with Crippen LogP contribution in [0.4, 0.5) is 5.69 Å². The summed E-state index contributed by atoms with van der Waals surface area (Å²) < 4.78 is 5.32. The smallest absolute Gasteiger partial charge is 0.264 e. The van der Waals surface area contributed by atoms with E-state index in [2.05, 4.69) is 6.58 Å². The van der Waals surface area contributed by atoms with Crippen LogP contribution in [0.5, 0.6) is 5.75 Å². The standard InChI is InChI=1S/C28H32N2O5/c1-4-14-29-25-13-12-23(35-3)16-24(25)28(34,27(29)33)19(2)8-7-11-26(32)30-17-21-10-6-5-9-20(21)15-22(30)18-31/h4-10,12-13,16,19,22,31,34H,1,11,14-15,17-18H2,2-3H3/b8-7+/t19-,22+,28+/m1/s1. The molecule has 7 nitrogen and oxygen atoms in total. The Morgan fingerprint density at radius 3 is 2.71 bits per heavy atom. The number of methoxy groups -OCH3 is 1. The van der Waals surface area contributed by atoms with Crippen molar-refractivity contribution in [3.8, 4) is 5.75 Å². The molecule has 2 aromatic rings. The molecule has 0 spiro atoms. The van der Waals surface area contributed by atoms with Gasteiger partial charge in [-0.1, -0.05) is 49.4 Å². The molecular formula is C28H32N2O5. The number of hydrogen-bond acceptors (Lipinski definition) is 5. The van der Waals surface area contributed by atoms with Crippen molar-refractivity contribution in [2.24, 2.45) is 5.92 Å². The Morgan fingerprint density at radius 2 is 2.03 bits per heavy atom. The molecule has 2 amide bonds. The van der Waals surface area contributed by atoms with Gasteiger partial charge in [-0.3, -0.25) is 9.59 Å². The average molecular weight is 477 g/mol. The van der Waals surface area contributed by atoms with Crippen molar-refractivity contribution < 1.29 is 24.5 Å². The van der Waals surface area contributed by atoms with Gasteiger partial charge in [-0.05, 0) is 35.7 Å². The molecule has 0 bridgehead atoms. The van der Waals surface area contributed by atoms with Crippen LogP contribution >= 0.6 is 0 Å². The molecule has 184 valence electrons. The van der Waals surface area contributed by atoms with Gasteiger partial charge in [-0.25, -0.2) is 0 Å². The number of nitrogens with zero attached hydrogens (tertiary/aromatic N) is 2. The highest BCUT2D eigenvalue weighted by molar-refractivity contribution is 6.07. The number of amides is 2. The molecule has 3 atom stereocenters. The number of aliphatic hydroxyl groups excluding tert-OH is 1. The Bertz CT molecular complexity index is 1160. The van der Waals surface area contributed by atoms with E-state index in [0.29, 0.717) is 30.0 Å². The number of benzene rings is 2. The van der Waals surface area contributed by atoms with Gasteiger partial charge in [0.05, 0.1) is 25.4 Å². The zero-order valence-corrected chi connectivity index (χ0v) is 20.2. The maximum absolute atomic E-state index is 13.3. The lowest BCUT2D eigenvalue weighted by Crippen LogP contribution is -2.46. The minimum Gasteiger partial charge on any atom is -0.497 e. The summed E-state index contributed by atoms with van der Waals surface area (Å²) >= 11 is 0. The van der Waals surface area contributed by atoms with Crippen LogP contribution in [0.3, 0.4) is 0 Å². The molecule has 35 heavy (non-hydrogen) atoms. The fourth-order valence-electron chi connectivity index (χ4n) is 5.04. The fraction of sp³-hybridized carbons (Fsp3) is 0.357. The number of ether oxygens (including phenoxy) is 1. The van der Waals surface area contributed by atoms with Crippen molar-refractivity contribution in [2.75, 3.05) is 25.2 Å². The summed E-state index contributed by atoms with van der Waals surface area (Å²) in [7, 11) is 1.53.